The summed E-state index contributed by atoms with van der Waals surface area (Å²) in [7, 11) is 18.3. The number of aromatic nitrogens is 5. The van der Waals surface area contributed by atoms with Gasteiger partial charge in [-0.2, -0.15) is 5.10 Å². The molecule has 2 aliphatic heterocycles. The topological polar surface area (TPSA) is 140 Å². The number of ether oxygens (including phenoxy) is 1. The van der Waals surface area contributed by atoms with Crippen LogP contribution in [0.4, 0.5) is 13.5 Å². The molecule has 0 aromatic carbocycles. The predicted molar refractivity (Wildman–Crippen MR) is 113 cm³/mol. The zero-order valence-corrected chi connectivity index (χ0v) is 17.5. The van der Waals surface area contributed by atoms with Crippen molar-refractivity contribution in [3.8, 4) is 5.88 Å². The van der Waals surface area contributed by atoms with Gasteiger partial charge in [-0.15, -0.1) is 0 Å². The number of urea groups is 1. The van der Waals surface area contributed by atoms with Gasteiger partial charge in [0.1, 0.15) is 13.4 Å². The lowest BCUT2D eigenvalue weighted by Gasteiger charge is -2.46. The highest BCUT2D eigenvalue weighted by molar-refractivity contribution is 6.85. The van der Waals surface area contributed by atoms with Gasteiger partial charge >= 0.3 is 13.0 Å². The number of imidazole rings is 1. The Morgan fingerprint density at radius 1 is 1.38 bits per heavy atom. The fourth-order valence-electron chi connectivity index (χ4n) is 4.01. The number of nitrogens with one attached hydrogen (secondary N) is 2. The summed E-state index contributed by atoms with van der Waals surface area (Å²) in [4.78, 5) is 29.8. The number of hydrogen-bond donors (Lipinski definition) is 2. The predicted octanol–water partition coefficient (Wildman–Crippen LogP) is -1.81. The van der Waals surface area contributed by atoms with Crippen LogP contribution in [0.2, 0.25) is 0 Å². The van der Waals surface area contributed by atoms with Crippen LogP contribution in [0.3, 0.4) is 0 Å². The van der Waals surface area contributed by atoms with E-state index < -0.39 is 35.2 Å². The second kappa shape index (κ2) is 7.21. The average Bonchev–Trinajstić information content (AvgIpc) is 3.24. The quantitative estimate of drug-likeness (QED) is 0.410. The summed E-state index contributed by atoms with van der Waals surface area (Å²) < 4.78 is 40.3. The van der Waals surface area contributed by atoms with Crippen LogP contribution in [0.15, 0.2) is 23.1 Å². The molecule has 5 rings (SSSR count). The van der Waals surface area contributed by atoms with Gasteiger partial charge in [0, 0.05) is 6.54 Å². The van der Waals surface area contributed by atoms with Gasteiger partial charge < -0.3 is 24.6 Å². The molecule has 3 aromatic rings. The third-order valence-corrected chi connectivity index (χ3v) is 5.91. The molecule has 2 fully saturated rings. The van der Waals surface area contributed by atoms with Gasteiger partial charge in [0.2, 0.25) is 5.69 Å². The monoisotopic (exact) mass is 462 g/mol. The number of amides is 3. The van der Waals surface area contributed by atoms with E-state index in [1.54, 1.807) is 12.3 Å². The summed E-state index contributed by atoms with van der Waals surface area (Å²) >= 11 is 0. The number of halogens is 2. The Labute approximate surface area is 194 Å². The van der Waals surface area contributed by atoms with Gasteiger partial charge in [0.05, 0.1) is 52.8 Å². The van der Waals surface area contributed by atoms with Crippen LogP contribution in [-0.2, 0) is 13.1 Å². The Hall–Kier alpha value is -3.58. The maximum Gasteiger partial charge on any atom is 0.407 e. The van der Waals surface area contributed by atoms with Gasteiger partial charge in [0.25, 0.3) is 11.8 Å². The van der Waals surface area contributed by atoms with Gasteiger partial charge in [-0.05, 0) is 27.3 Å². The molecule has 2 aliphatic rings. The second-order valence-corrected chi connectivity index (χ2v) is 7.99. The van der Waals surface area contributed by atoms with Crippen LogP contribution in [0.1, 0.15) is 21.7 Å². The minimum absolute atomic E-state index is 0.0109. The lowest BCUT2D eigenvalue weighted by atomic mass is 9.53. The summed E-state index contributed by atoms with van der Waals surface area (Å²) in [5.41, 5.74) is -1.83. The van der Waals surface area contributed by atoms with Crippen molar-refractivity contribution in [2.24, 2.45) is 0 Å². The highest BCUT2D eigenvalue weighted by Gasteiger charge is 2.89. The highest BCUT2D eigenvalue weighted by Crippen LogP contribution is 2.59. The van der Waals surface area contributed by atoms with E-state index in [9.17, 15) is 13.9 Å². The van der Waals surface area contributed by atoms with Crippen LogP contribution in [0.5, 0.6) is 5.88 Å². The third kappa shape index (κ3) is 2.93. The Balaban J connectivity index is 1.32. The molecule has 3 amide bonds. The van der Waals surface area contributed by atoms with Crippen LogP contribution in [0.25, 0.3) is 5.65 Å². The molecule has 0 spiro atoms. The first-order valence-electron chi connectivity index (χ1n) is 9.80. The molecule has 2 N–H and O–H groups in total. The van der Waals surface area contributed by atoms with Crippen LogP contribution < -0.4 is 15.4 Å². The van der Waals surface area contributed by atoms with E-state index >= 15 is 4.39 Å². The number of alkyl halides is 1. The lowest BCUT2D eigenvalue weighted by molar-refractivity contribution is 0.0938. The highest BCUT2D eigenvalue weighted by atomic mass is 19.2. The van der Waals surface area contributed by atoms with Crippen LogP contribution >= 0.6 is 0 Å². The molecular formula is C16H12B4F2N8O4. The molecule has 0 aliphatic carbocycles. The van der Waals surface area contributed by atoms with Crippen LogP contribution in [0, 0.1) is 0 Å². The normalized spacial score (nSPS) is 25.1. The minimum atomic E-state index is -2.87. The van der Waals surface area contributed by atoms with Gasteiger partial charge in [-0.1, -0.05) is 0 Å². The van der Waals surface area contributed by atoms with Crippen molar-refractivity contribution in [1.82, 2.24) is 40.4 Å². The molecule has 0 saturated carbocycles. The first-order chi connectivity index (χ1) is 16.0. The maximum atomic E-state index is 15.1. The van der Waals surface area contributed by atoms with E-state index in [1.165, 1.54) is 17.8 Å². The van der Waals surface area contributed by atoms with Crippen molar-refractivity contribution in [2.75, 3.05) is 7.11 Å². The molecule has 0 bridgehead atoms. The van der Waals surface area contributed by atoms with Gasteiger partial charge in [-0.25, -0.2) is 23.3 Å². The van der Waals surface area contributed by atoms with E-state index in [2.05, 4.69) is 30.3 Å². The van der Waals surface area contributed by atoms with Crippen molar-refractivity contribution in [3.05, 3.63) is 35.4 Å². The summed E-state index contributed by atoms with van der Waals surface area (Å²) in [6.07, 6.45) is 2.93. The number of nitrogens with zero attached hydrogens (tertiary/aromatic N) is 6. The van der Waals surface area contributed by atoms with Crippen molar-refractivity contribution in [3.63, 3.8) is 0 Å². The second-order valence-electron chi connectivity index (χ2n) is 7.99. The molecule has 2 unspecified atom stereocenters. The van der Waals surface area contributed by atoms with Crippen molar-refractivity contribution in [2.45, 2.75) is 29.3 Å². The zero-order chi connectivity index (χ0) is 24.5. The smallest absolute Gasteiger partial charge is 0.407 e. The van der Waals surface area contributed by atoms with Gasteiger partial charge in [-0.3, -0.25) is 4.79 Å². The van der Waals surface area contributed by atoms with E-state index in [-0.39, 0.29) is 24.7 Å². The number of carbonyl (C=O) groups excluding carboxylic acids is 2. The van der Waals surface area contributed by atoms with Gasteiger partial charge in [0.15, 0.2) is 5.65 Å². The summed E-state index contributed by atoms with van der Waals surface area (Å²) in [5, 5.41) is 10.9. The SMILES string of the molecule is [B]C1([B])NC(=O)N(Cc2cnn3cc(CNC(=O)c4nonc4OC)nc3c2)C2([B])B(F)C12F. The number of fused-ring (bicyclic) bond motifs is 2. The number of hydrogen-bond acceptors (Lipinski definition) is 8. The molecule has 2 saturated heterocycles. The van der Waals surface area contributed by atoms with E-state index in [0.29, 0.717) is 16.9 Å². The fourth-order valence-corrected chi connectivity index (χ4v) is 4.01. The Morgan fingerprint density at radius 3 is 2.88 bits per heavy atom. The van der Waals surface area contributed by atoms with Crippen molar-refractivity contribution >= 4 is 48.1 Å². The minimum Gasteiger partial charge on any atom is -0.477 e. The Kier molecular flexibility index (Phi) is 4.71. The van der Waals surface area contributed by atoms with Crippen molar-refractivity contribution < 1.29 is 27.7 Å². The molecule has 6 radical (unpaired) electrons. The lowest BCUT2D eigenvalue weighted by Crippen LogP contribution is -2.71. The van der Waals surface area contributed by atoms with E-state index in [4.69, 9.17) is 28.3 Å². The standard InChI is InChI=1S/C16H12B4F2N8O4/c1-33-12-10(27-34-28-12)11(31)23-4-8-6-30-9(25-8)2-7(3-24-30)5-29-13(32)26-15(17,18)14(21)16(29,19)20(14)22/h2-3,6H,4-5H2,1H3,(H,23,31)(H,26,32). The summed E-state index contributed by atoms with van der Waals surface area (Å²) in [5.74, 6) is -0.660. The summed E-state index contributed by atoms with van der Waals surface area (Å²) in [6.45, 7) is -2.56. The number of rotatable bonds is 6. The third-order valence-electron chi connectivity index (χ3n) is 5.91. The molecule has 5 heterocycles. The molecule has 18 heteroatoms. The summed E-state index contributed by atoms with van der Waals surface area (Å²) in [6, 6.07) is 0.618. The molecule has 166 valence electrons. The number of methoxy groups -OCH3 is 1. The molecular weight excluding hydrogens is 449 g/mol. The maximum absolute atomic E-state index is 15.1. The molecule has 3 aromatic heterocycles. The molecule has 2 atom stereocenters. The first-order valence-corrected chi connectivity index (χ1v) is 9.80. The van der Waals surface area contributed by atoms with Crippen molar-refractivity contribution in [1.29, 1.82) is 0 Å². The largest absolute Gasteiger partial charge is 0.477 e. The molecule has 34 heavy (non-hydrogen) atoms. The molecule has 12 nitrogen and oxygen atoms in total. The first kappa shape index (κ1) is 22.2. The Bertz CT molecular complexity index is 1320. The zero-order valence-electron chi connectivity index (χ0n) is 17.5. The number of carbonyl (C=O) groups is 2. The Morgan fingerprint density at radius 2 is 2.15 bits per heavy atom. The van der Waals surface area contributed by atoms with E-state index in [1.807, 2.05) is 5.32 Å². The van der Waals surface area contributed by atoms with E-state index in [0.717, 1.165) is 4.90 Å². The average molecular weight is 462 g/mol. The van der Waals surface area contributed by atoms with Crippen LogP contribution in [-0.4, -0.2) is 95.6 Å². The fraction of sp³-hybridized carbons (Fsp3) is 0.375.